The lowest BCUT2D eigenvalue weighted by molar-refractivity contribution is 0.214. The maximum Gasteiger partial charge on any atom is 0.357 e. The van der Waals surface area contributed by atoms with Crippen LogP contribution in [0.3, 0.4) is 0 Å². The van der Waals surface area contributed by atoms with Crippen LogP contribution < -0.4 is 10.1 Å². The molecule has 0 fully saturated rings. The Morgan fingerprint density at radius 3 is 2.19 bits per heavy atom. The zero-order valence-electron chi connectivity index (χ0n) is 15.5. The lowest BCUT2D eigenvalue weighted by Gasteiger charge is -2.28. The van der Waals surface area contributed by atoms with E-state index in [-0.39, 0.29) is 0 Å². The molecule has 0 aromatic heterocycles. The van der Waals surface area contributed by atoms with E-state index in [1.807, 2.05) is 49.4 Å². The van der Waals surface area contributed by atoms with Gasteiger partial charge in [-0.2, -0.15) is 0 Å². The normalized spacial score (nSPS) is 12.7. The number of aryl methyl sites for hydroxylation is 1. The van der Waals surface area contributed by atoms with E-state index < -0.39 is 13.4 Å². The highest BCUT2D eigenvalue weighted by Crippen LogP contribution is 2.61. The molecule has 0 heterocycles. The fraction of sp³-hybridized carbons (Fsp3) is 0.368. The van der Waals surface area contributed by atoms with Crippen molar-refractivity contribution in [1.29, 1.82) is 0 Å². The summed E-state index contributed by atoms with van der Waals surface area (Å²) in [5.74, 6) is 0.0824. The van der Waals surface area contributed by atoms with Crippen molar-refractivity contribution in [2.75, 3.05) is 25.6 Å². The van der Waals surface area contributed by atoms with Crippen LogP contribution in [0.25, 0.3) is 0 Å². The van der Waals surface area contributed by atoms with Crippen LogP contribution in [0, 0.1) is 6.92 Å². The molecule has 0 amide bonds. The van der Waals surface area contributed by atoms with E-state index in [2.05, 4.69) is 21.2 Å². The molecule has 142 valence electrons. The Bertz CT molecular complexity index is 757. The minimum atomic E-state index is -3.44. The molecular formula is C19H25BrNO4P. The minimum Gasteiger partial charge on any atom is -0.497 e. The standard InChI is InChI=1S/C19H25BrNO4P/c1-5-24-26(22,25-6-2)19(15-8-10-16(23-4)11-9-15)21-18-12-7-14(3)13-17(18)20/h7-13,19,21H,5-6H2,1-4H3. The Morgan fingerprint density at radius 1 is 1.08 bits per heavy atom. The Balaban J connectivity index is 2.47. The zero-order valence-corrected chi connectivity index (χ0v) is 18.0. The number of hydrogen-bond donors (Lipinski definition) is 1. The van der Waals surface area contributed by atoms with Crippen LogP contribution in [0.2, 0.25) is 0 Å². The molecule has 0 aliphatic carbocycles. The van der Waals surface area contributed by atoms with Gasteiger partial charge in [-0.1, -0.05) is 18.2 Å². The van der Waals surface area contributed by atoms with Crippen LogP contribution in [-0.4, -0.2) is 20.3 Å². The molecule has 1 unspecified atom stereocenters. The van der Waals surface area contributed by atoms with Crippen LogP contribution in [0.4, 0.5) is 5.69 Å². The molecule has 1 atom stereocenters. The van der Waals surface area contributed by atoms with E-state index in [0.717, 1.165) is 27.0 Å². The molecule has 0 aliphatic rings. The van der Waals surface area contributed by atoms with Gasteiger partial charge in [-0.3, -0.25) is 4.57 Å². The van der Waals surface area contributed by atoms with Gasteiger partial charge in [0.05, 0.1) is 20.3 Å². The van der Waals surface area contributed by atoms with Gasteiger partial charge in [0, 0.05) is 10.2 Å². The van der Waals surface area contributed by atoms with Crippen molar-refractivity contribution < 1.29 is 18.3 Å². The Labute approximate surface area is 163 Å². The number of benzene rings is 2. The number of methoxy groups -OCH3 is 1. The van der Waals surface area contributed by atoms with Gasteiger partial charge in [-0.05, 0) is 72.1 Å². The summed E-state index contributed by atoms with van der Waals surface area (Å²) >= 11 is 3.56. The smallest absolute Gasteiger partial charge is 0.357 e. The first kappa shape index (κ1) is 21.0. The van der Waals surface area contributed by atoms with Crippen molar-refractivity contribution in [2.24, 2.45) is 0 Å². The first-order valence-electron chi connectivity index (χ1n) is 8.49. The van der Waals surface area contributed by atoms with Gasteiger partial charge in [-0.15, -0.1) is 0 Å². The summed E-state index contributed by atoms with van der Waals surface area (Å²) in [6.45, 7) is 6.21. The van der Waals surface area contributed by atoms with Gasteiger partial charge in [0.25, 0.3) is 0 Å². The number of ether oxygens (including phenoxy) is 1. The van der Waals surface area contributed by atoms with Crippen molar-refractivity contribution in [3.8, 4) is 5.75 Å². The highest BCUT2D eigenvalue weighted by atomic mass is 79.9. The monoisotopic (exact) mass is 441 g/mol. The second-order valence-corrected chi connectivity index (χ2v) is 8.65. The fourth-order valence-electron chi connectivity index (χ4n) is 2.56. The molecule has 0 spiro atoms. The summed E-state index contributed by atoms with van der Waals surface area (Å²) in [5.41, 5.74) is 2.74. The molecule has 0 radical (unpaired) electrons. The molecule has 0 saturated heterocycles. The number of anilines is 1. The predicted octanol–water partition coefficient (Wildman–Crippen LogP) is 6.14. The molecule has 1 N–H and O–H groups in total. The summed E-state index contributed by atoms with van der Waals surface area (Å²) in [6, 6.07) is 13.3. The maximum atomic E-state index is 13.5. The average Bonchev–Trinajstić information content (AvgIpc) is 2.61. The van der Waals surface area contributed by atoms with Crippen molar-refractivity contribution in [3.63, 3.8) is 0 Å². The minimum absolute atomic E-state index is 0.292. The molecule has 0 saturated carbocycles. The van der Waals surface area contributed by atoms with Crippen LogP contribution in [0.5, 0.6) is 5.75 Å². The van der Waals surface area contributed by atoms with Crippen LogP contribution in [0.15, 0.2) is 46.9 Å². The lowest BCUT2D eigenvalue weighted by Crippen LogP contribution is -2.15. The summed E-state index contributed by atoms with van der Waals surface area (Å²) in [4.78, 5) is 0. The van der Waals surface area contributed by atoms with E-state index in [4.69, 9.17) is 13.8 Å². The highest BCUT2D eigenvalue weighted by molar-refractivity contribution is 9.10. The van der Waals surface area contributed by atoms with E-state index in [1.54, 1.807) is 21.0 Å². The quantitative estimate of drug-likeness (QED) is 0.473. The van der Waals surface area contributed by atoms with Gasteiger partial charge in [-0.25, -0.2) is 0 Å². The van der Waals surface area contributed by atoms with Gasteiger partial charge in [0.2, 0.25) is 0 Å². The van der Waals surface area contributed by atoms with E-state index >= 15 is 0 Å². The van der Waals surface area contributed by atoms with E-state index in [9.17, 15) is 4.57 Å². The average molecular weight is 442 g/mol. The van der Waals surface area contributed by atoms with Crippen LogP contribution >= 0.6 is 23.5 Å². The van der Waals surface area contributed by atoms with Gasteiger partial charge < -0.3 is 19.1 Å². The molecule has 26 heavy (non-hydrogen) atoms. The molecule has 5 nitrogen and oxygen atoms in total. The third-order valence-corrected chi connectivity index (χ3v) is 6.73. The Hall–Kier alpha value is -1.33. The van der Waals surface area contributed by atoms with Crippen molar-refractivity contribution in [1.82, 2.24) is 0 Å². The van der Waals surface area contributed by atoms with Crippen LogP contribution in [-0.2, 0) is 13.6 Å². The summed E-state index contributed by atoms with van der Waals surface area (Å²) in [6.07, 6.45) is 0. The number of halogens is 1. The zero-order chi connectivity index (χ0) is 19.2. The molecular weight excluding hydrogens is 417 g/mol. The molecule has 0 aliphatic heterocycles. The third-order valence-electron chi connectivity index (χ3n) is 3.78. The second-order valence-electron chi connectivity index (χ2n) is 5.68. The van der Waals surface area contributed by atoms with Crippen molar-refractivity contribution in [2.45, 2.75) is 26.6 Å². The number of rotatable bonds is 9. The predicted molar refractivity (Wildman–Crippen MR) is 109 cm³/mol. The largest absolute Gasteiger partial charge is 0.497 e. The van der Waals surface area contributed by atoms with Crippen molar-refractivity contribution >= 4 is 29.2 Å². The third kappa shape index (κ3) is 5.10. The second kappa shape index (κ2) is 9.56. The Morgan fingerprint density at radius 2 is 1.69 bits per heavy atom. The number of nitrogens with one attached hydrogen (secondary N) is 1. The highest BCUT2D eigenvalue weighted by Gasteiger charge is 2.37. The molecule has 0 bridgehead atoms. The first-order chi connectivity index (χ1) is 12.4. The van der Waals surface area contributed by atoms with E-state index in [1.165, 1.54) is 0 Å². The lowest BCUT2D eigenvalue weighted by atomic mass is 10.2. The molecule has 7 heteroatoms. The van der Waals surface area contributed by atoms with E-state index in [0.29, 0.717) is 13.2 Å². The van der Waals surface area contributed by atoms with Crippen molar-refractivity contribution in [3.05, 3.63) is 58.1 Å². The van der Waals surface area contributed by atoms with Gasteiger partial charge in [0.1, 0.15) is 5.75 Å². The maximum absolute atomic E-state index is 13.5. The summed E-state index contributed by atoms with van der Waals surface area (Å²) < 4.78 is 30.8. The topological polar surface area (TPSA) is 56.8 Å². The molecule has 2 rings (SSSR count). The fourth-order valence-corrected chi connectivity index (χ4v) is 5.10. The van der Waals surface area contributed by atoms with Gasteiger partial charge >= 0.3 is 7.60 Å². The first-order valence-corrected chi connectivity index (χ1v) is 10.9. The molecule has 2 aromatic carbocycles. The van der Waals surface area contributed by atoms with Crippen LogP contribution in [0.1, 0.15) is 30.8 Å². The SMILES string of the molecule is CCOP(=O)(OCC)C(Nc1ccc(C)cc1Br)c1ccc(OC)cc1. The number of hydrogen-bond acceptors (Lipinski definition) is 5. The summed E-state index contributed by atoms with van der Waals surface area (Å²) in [5, 5.41) is 3.34. The molecule has 2 aromatic rings. The van der Waals surface area contributed by atoms with Gasteiger partial charge in [0.15, 0.2) is 5.78 Å². The summed E-state index contributed by atoms with van der Waals surface area (Å²) in [7, 11) is -1.83. The Kier molecular flexibility index (Phi) is 7.71.